The lowest BCUT2D eigenvalue weighted by Crippen LogP contribution is -2.51. The van der Waals surface area contributed by atoms with Gasteiger partial charge < -0.3 is 10.1 Å². The third-order valence-electron chi connectivity index (χ3n) is 3.69. The molecule has 1 fully saturated rings. The molecule has 112 valence electrons. The number of methoxy groups -OCH3 is 1. The van der Waals surface area contributed by atoms with Crippen LogP contribution in [0.3, 0.4) is 0 Å². The number of hydrogen-bond donors (Lipinski definition) is 1. The lowest BCUT2D eigenvalue weighted by atomic mass is 9.90. The van der Waals surface area contributed by atoms with Crippen molar-refractivity contribution in [2.75, 3.05) is 33.3 Å². The zero-order chi connectivity index (χ0) is 14.5. The van der Waals surface area contributed by atoms with Gasteiger partial charge in [-0.2, -0.15) is 0 Å². The third kappa shape index (κ3) is 6.39. The first-order chi connectivity index (χ1) is 8.84. The van der Waals surface area contributed by atoms with Crippen LogP contribution in [0.25, 0.3) is 0 Å². The van der Waals surface area contributed by atoms with Gasteiger partial charge in [-0.3, -0.25) is 9.69 Å². The Morgan fingerprint density at radius 3 is 2.58 bits per heavy atom. The molecule has 0 radical (unpaired) electrons. The Hall–Kier alpha value is -0.610. The number of ether oxygens (including phenoxy) is 1. The van der Waals surface area contributed by atoms with E-state index in [1.54, 1.807) is 0 Å². The van der Waals surface area contributed by atoms with E-state index in [9.17, 15) is 4.79 Å². The normalized spacial score (nSPS) is 25.3. The van der Waals surface area contributed by atoms with E-state index in [0.717, 1.165) is 19.6 Å². The van der Waals surface area contributed by atoms with E-state index in [4.69, 9.17) is 4.74 Å². The van der Waals surface area contributed by atoms with Crippen LogP contribution >= 0.6 is 0 Å². The summed E-state index contributed by atoms with van der Waals surface area (Å²) in [5, 5.41) is 3.65. The summed E-state index contributed by atoms with van der Waals surface area (Å²) in [5.74, 6) is 0.544. The molecule has 0 bridgehead atoms. The minimum atomic E-state index is -0.133. The Morgan fingerprint density at radius 1 is 1.37 bits per heavy atom. The van der Waals surface area contributed by atoms with E-state index in [-0.39, 0.29) is 5.97 Å². The Morgan fingerprint density at radius 2 is 2.05 bits per heavy atom. The van der Waals surface area contributed by atoms with Crippen molar-refractivity contribution in [1.82, 2.24) is 10.2 Å². The molecule has 1 aliphatic heterocycles. The molecule has 1 N–H and O–H groups in total. The summed E-state index contributed by atoms with van der Waals surface area (Å²) in [7, 11) is 1.46. The summed E-state index contributed by atoms with van der Waals surface area (Å²) in [6.07, 6.45) is 2.38. The summed E-state index contributed by atoms with van der Waals surface area (Å²) < 4.78 is 4.77. The monoisotopic (exact) mass is 270 g/mol. The van der Waals surface area contributed by atoms with Gasteiger partial charge in [0.2, 0.25) is 0 Å². The van der Waals surface area contributed by atoms with Gasteiger partial charge in [-0.1, -0.05) is 34.1 Å². The maximum atomic E-state index is 11.4. The fourth-order valence-electron chi connectivity index (χ4n) is 2.57. The van der Waals surface area contributed by atoms with Crippen LogP contribution in [0.1, 0.15) is 40.5 Å². The number of nitrogens with one attached hydrogen (secondary N) is 1. The predicted octanol–water partition coefficient (Wildman–Crippen LogP) is 1.90. The smallest absolute Gasteiger partial charge is 0.319 e. The van der Waals surface area contributed by atoms with Crippen molar-refractivity contribution >= 4 is 5.97 Å². The first kappa shape index (κ1) is 16.4. The number of esters is 1. The summed E-state index contributed by atoms with van der Waals surface area (Å²) in [4.78, 5) is 13.6. The molecule has 0 aromatic rings. The lowest BCUT2D eigenvalue weighted by molar-refractivity contribution is -0.142. The minimum absolute atomic E-state index is 0.133. The first-order valence-corrected chi connectivity index (χ1v) is 7.36. The molecule has 1 aliphatic rings. The molecule has 1 saturated heterocycles. The summed E-state index contributed by atoms with van der Waals surface area (Å²) in [6.45, 7) is 12.3. The average Bonchev–Trinajstić information content (AvgIpc) is 2.35. The summed E-state index contributed by atoms with van der Waals surface area (Å²) >= 11 is 0. The number of piperidine rings is 1. The second-order valence-electron chi connectivity index (χ2n) is 6.92. The van der Waals surface area contributed by atoms with E-state index in [2.05, 4.69) is 37.9 Å². The van der Waals surface area contributed by atoms with Gasteiger partial charge in [0.15, 0.2) is 0 Å². The van der Waals surface area contributed by atoms with Crippen LogP contribution in [0, 0.1) is 11.3 Å². The van der Waals surface area contributed by atoms with E-state index in [1.165, 1.54) is 20.0 Å². The van der Waals surface area contributed by atoms with Crippen molar-refractivity contribution in [3.05, 3.63) is 0 Å². The highest BCUT2D eigenvalue weighted by molar-refractivity contribution is 5.71. The second kappa shape index (κ2) is 7.25. The van der Waals surface area contributed by atoms with Crippen LogP contribution in [-0.2, 0) is 9.53 Å². The van der Waals surface area contributed by atoms with Crippen molar-refractivity contribution in [2.45, 2.75) is 46.6 Å². The van der Waals surface area contributed by atoms with Crippen molar-refractivity contribution in [2.24, 2.45) is 11.3 Å². The van der Waals surface area contributed by atoms with Gasteiger partial charge in [0.25, 0.3) is 0 Å². The Kier molecular flexibility index (Phi) is 6.27. The SMILES string of the molecule is CCC1CC(NCC(C)(C)C)CN(CC(=O)OC)C1. The molecule has 0 aliphatic carbocycles. The number of nitrogens with zero attached hydrogens (tertiary/aromatic N) is 1. The van der Waals surface area contributed by atoms with Crippen LogP contribution < -0.4 is 5.32 Å². The second-order valence-corrected chi connectivity index (χ2v) is 6.92. The van der Waals surface area contributed by atoms with Gasteiger partial charge in [-0.05, 0) is 17.8 Å². The highest BCUT2D eigenvalue weighted by atomic mass is 16.5. The molecule has 0 spiro atoms. The van der Waals surface area contributed by atoms with E-state index < -0.39 is 0 Å². The molecule has 0 aromatic heterocycles. The van der Waals surface area contributed by atoms with Crippen LogP contribution in [0.4, 0.5) is 0 Å². The molecule has 2 unspecified atom stereocenters. The van der Waals surface area contributed by atoms with Crippen molar-refractivity contribution in [1.29, 1.82) is 0 Å². The summed E-state index contributed by atoms with van der Waals surface area (Å²) in [6, 6.07) is 0.489. The fraction of sp³-hybridized carbons (Fsp3) is 0.933. The molecule has 0 amide bonds. The molecule has 2 atom stereocenters. The van der Waals surface area contributed by atoms with E-state index >= 15 is 0 Å². The highest BCUT2D eigenvalue weighted by Crippen LogP contribution is 2.21. The van der Waals surface area contributed by atoms with Crippen molar-refractivity contribution in [3.8, 4) is 0 Å². The van der Waals surface area contributed by atoms with E-state index in [1.807, 2.05) is 0 Å². The molecule has 1 rings (SSSR count). The number of carbonyl (C=O) groups is 1. The Bertz CT molecular complexity index is 286. The largest absolute Gasteiger partial charge is 0.468 e. The van der Waals surface area contributed by atoms with Gasteiger partial charge in [0.1, 0.15) is 0 Å². The highest BCUT2D eigenvalue weighted by Gasteiger charge is 2.28. The van der Waals surface area contributed by atoms with Gasteiger partial charge in [-0.25, -0.2) is 0 Å². The summed E-state index contributed by atoms with van der Waals surface area (Å²) in [5.41, 5.74) is 0.298. The predicted molar refractivity (Wildman–Crippen MR) is 78.1 cm³/mol. The van der Waals surface area contributed by atoms with Crippen LogP contribution in [0.5, 0.6) is 0 Å². The fourth-order valence-corrected chi connectivity index (χ4v) is 2.57. The molecule has 0 aromatic carbocycles. The van der Waals surface area contributed by atoms with Crippen LogP contribution in [0.2, 0.25) is 0 Å². The van der Waals surface area contributed by atoms with Crippen molar-refractivity contribution < 1.29 is 9.53 Å². The first-order valence-electron chi connectivity index (χ1n) is 7.36. The van der Waals surface area contributed by atoms with Gasteiger partial charge in [-0.15, -0.1) is 0 Å². The van der Waals surface area contributed by atoms with Gasteiger partial charge >= 0.3 is 5.97 Å². The maximum absolute atomic E-state index is 11.4. The zero-order valence-corrected chi connectivity index (χ0v) is 13.2. The number of carbonyl (C=O) groups excluding carboxylic acids is 1. The molecule has 1 heterocycles. The molecule has 0 saturated carbocycles. The molecular formula is C15H30N2O2. The Balaban J connectivity index is 2.50. The molecule has 4 heteroatoms. The zero-order valence-electron chi connectivity index (χ0n) is 13.2. The average molecular weight is 270 g/mol. The topological polar surface area (TPSA) is 41.6 Å². The molecular weight excluding hydrogens is 240 g/mol. The minimum Gasteiger partial charge on any atom is -0.468 e. The molecule has 4 nitrogen and oxygen atoms in total. The number of likely N-dealkylation sites (tertiary alicyclic amines) is 1. The van der Waals surface area contributed by atoms with Gasteiger partial charge in [0, 0.05) is 25.7 Å². The maximum Gasteiger partial charge on any atom is 0.319 e. The van der Waals surface area contributed by atoms with E-state index in [0.29, 0.717) is 23.9 Å². The standard InChI is InChI=1S/C15H30N2O2/c1-6-12-7-13(16-11-15(2,3)4)9-17(8-12)10-14(18)19-5/h12-13,16H,6-11H2,1-5H3. The molecule has 19 heavy (non-hydrogen) atoms. The van der Waals surface area contributed by atoms with Gasteiger partial charge in [0.05, 0.1) is 13.7 Å². The Labute approximate surface area is 117 Å². The number of rotatable bonds is 5. The third-order valence-corrected chi connectivity index (χ3v) is 3.69. The lowest BCUT2D eigenvalue weighted by Gasteiger charge is -2.38. The van der Waals surface area contributed by atoms with Crippen molar-refractivity contribution in [3.63, 3.8) is 0 Å². The van der Waals surface area contributed by atoms with Crippen LogP contribution in [-0.4, -0.2) is 50.2 Å². The van der Waals surface area contributed by atoms with Crippen LogP contribution in [0.15, 0.2) is 0 Å². The quantitative estimate of drug-likeness (QED) is 0.775. The number of hydrogen-bond acceptors (Lipinski definition) is 4.